The van der Waals surface area contributed by atoms with Gasteiger partial charge in [-0.3, -0.25) is 9.69 Å². The van der Waals surface area contributed by atoms with E-state index >= 15 is 0 Å². The van der Waals surface area contributed by atoms with E-state index in [2.05, 4.69) is 24.1 Å². The van der Waals surface area contributed by atoms with Crippen molar-refractivity contribution in [2.45, 2.75) is 52.1 Å². The monoisotopic (exact) mass is 256 g/mol. The van der Waals surface area contributed by atoms with Crippen LogP contribution in [0.4, 0.5) is 0 Å². The zero-order valence-corrected chi connectivity index (χ0v) is 12.5. The van der Waals surface area contributed by atoms with Crippen LogP contribution in [-0.4, -0.2) is 49.2 Å². The minimum Gasteiger partial charge on any atom is -0.468 e. The van der Waals surface area contributed by atoms with Gasteiger partial charge in [-0.2, -0.15) is 0 Å². The molecule has 0 saturated carbocycles. The number of carbonyl (C=O) groups excluding carboxylic acids is 1. The van der Waals surface area contributed by atoms with E-state index < -0.39 is 5.54 Å². The first-order valence-corrected chi connectivity index (χ1v) is 7.00. The highest BCUT2D eigenvalue weighted by Gasteiger charge is 2.37. The number of hydrogen-bond acceptors (Lipinski definition) is 4. The summed E-state index contributed by atoms with van der Waals surface area (Å²) in [5.74, 6) is 0.620. The molecular formula is C14H28N2O2. The maximum Gasteiger partial charge on any atom is 0.327 e. The Hall–Kier alpha value is -0.610. The molecule has 0 aliphatic carbocycles. The van der Waals surface area contributed by atoms with E-state index in [4.69, 9.17) is 4.74 Å². The summed E-state index contributed by atoms with van der Waals surface area (Å²) in [6.45, 7) is 11.1. The summed E-state index contributed by atoms with van der Waals surface area (Å²) < 4.78 is 4.94. The number of esters is 1. The molecule has 1 saturated heterocycles. The lowest BCUT2D eigenvalue weighted by molar-refractivity contribution is -0.149. The van der Waals surface area contributed by atoms with Crippen LogP contribution in [-0.2, 0) is 9.53 Å². The molecule has 0 amide bonds. The van der Waals surface area contributed by atoms with Crippen LogP contribution >= 0.6 is 0 Å². The average molecular weight is 256 g/mol. The molecule has 3 unspecified atom stereocenters. The minimum absolute atomic E-state index is 0.171. The molecule has 1 N–H and O–H groups in total. The lowest BCUT2D eigenvalue weighted by atomic mass is 9.91. The van der Waals surface area contributed by atoms with Gasteiger partial charge in [-0.05, 0) is 45.7 Å². The third-order valence-corrected chi connectivity index (χ3v) is 4.00. The first kappa shape index (κ1) is 15.4. The average Bonchev–Trinajstić information content (AvgIpc) is 2.32. The molecule has 0 bridgehead atoms. The van der Waals surface area contributed by atoms with Crippen molar-refractivity contribution >= 4 is 5.97 Å². The Balaban J connectivity index is 2.68. The zero-order valence-electron chi connectivity index (χ0n) is 12.5. The van der Waals surface area contributed by atoms with Crippen molar-refractivity contribution in [1.82, 2.24) is 10.2 Å². The van der Waals surface area contributed by atoms with E-state index in [1.54, 1.807) is 0 Å². The van der Waals surface area contributed by atoms with Crippen LogP contribution in [0.3, 0.4) is 0 Å². The summed E-state index contributed by atoms with van der Waals surface area (Å²) in [5, 5.41) is 3.27. The molecule has 3 atom stereocenters. The summed E-state index contributed by atoms with van der Waals surface area (Å²) in [5.41, 5.74) is -0.599. The van der Waals surface area contributed by atoms with Crippen LogP contribution in [0.5, 0.6) is 0 Å². The molecule has 18 heavy (non-hydrogen) atoms. The number of piperidine rings is 1. The fraction of sp³-hybridized carbons (Fsp3) is 0.929. The van der Waals surface area contributed by atoms with Crippen LogP contribution in [0.2, 0.25) is 0 Å². The standard InChI is InChI=1S/C14H28N2O2/c1-6-15-14(4,13(17)18-5)10-16-8-7-11(2)9-12(16)3/h11-12,15H,6-10H2,1-5H3. The molecule has 0 spiro atoms. The molecule has 1 aliphatic heterocycles. The maximum absolute atomic E-state index is 12.0. The Labute approximate surface area is 111 Å². The molecule has 0 aromatic heterocycles. The van der Waals surface area contributed by atoms with Gasteiger partial charge < -0.3 is 10.1 Å². The van der Waals surface area contributed by atoms with Crippen LogP contribution < -0.4 is 5.32 Å². The lowest BCUT2D eigenvalue weighted by Crippen LogP contribution is -2.59. The summed E-state index contributed by atoms with van der Waals surface area (Å²) in [6, 6.07) is 0.538. The third kappa shape index (κ3) is 3.69. The first-order chi connectivity index (χ1) is 8.42. The van der Waals surface area contributed by atoms with Crippen molar-refractivity contribution in [3.63, 3.8) is 0 Å². The van der Waals surface area contributed by atoms with E-state index in [-0.39, 0.29) is 5.97 Å². The Kier molecular flexibility index (Phi) is 5.60. The van der Waals surface area contributed by atoms with Crippen molar-refractivity contribution in [1.29, 1.82) is 0 Å². The fourth-order valence-electron chi connectivity index (χ4n) is 2.90. The van der Waals surface area contributed by atoms with Gasteiger partial charge in [0.25, 0.3) is 0 Å². The predicted molar refractivity (Wildman–Crippen MR) is 73.5 cm³/mol. The molecule has 4 heteroatoms. The predicted octanol–water partition coefficient (Wildman–Crippen LogP) is 1.65. The van der Waals surface area contributed by atoms with Crippen molar-refractivity contribution < 1.29 is 9.53 Å². The number of likely N-dealkylation sites (tertiary alicyclic amines) is 1. The number of carbonyl (C=O) groups is 1. The molecule has 0 radical (unpaired) electrons. The largest absolute Gasteiger partial charge is 0.468 e. The minimum atomic E-state index is -0.599. The Morgan fingerprint density at radius 3 is 2.67 bits per heavy atom. The number of rotatable bonds is 5. The highest BCUT2D eigenvalue weighted by molar-refractivity contribution is 5.80. The summed E-state index contributed by atoms with van der Waals surface area (Å²) in [7, 11) is 1.46. The maximum atomic E-state index is 12.0. The number of nitrogens with zero attached hydrogens (tertiary/aromatic N) is 1. The molecule has 4 nitrogen and oxygen atoms in total. The van der Waals surface area contributed by atoms with Gasteiger partial charge in [0.1, 0.15) is 5.54 Å². The SMILES string of the molecule is CCNC(C)(CN1CCC(C)CC1C)C(=O)OC. The number of methoxy groups -OCH3 is 1. The van der Waals surface area contributed by atoms with Gasteiger partial charge in [-0.1, -0.05) is 13.8 Å². The number of likely N-dealkylation sites (N-methyl/N-ethyl adjacent to an activating group) is 1. The van der Waals surface area contributed by atoms with E-state index in [1.807, 2.05) is 13.8 Å². The van der Waals surface area contributed by atoms with Gasteiger partial charge >= 0.3 is 5.97 Å². The topological polar surface area (TPSA) is 41.6 Å². The number of hydrogen-bond donors (Lipinski definition) is 1. The van der Waals surface area contributed by atoms with E-state index in [0.29, 0.717) is 6.04 Å². The molecule has 0 aromatic rings. The fourth-order valence-corrected chi connectivity index (χ4v) is 2.90. The van der Waals surface area contributed by atoms with Crippen LogP contribution in [0.25, 0.3) is 0 Å². The second kappa shape index (κ2) is 6.53. The van der Waals surface area contributed by atoms with Gasteiger partial charge in [-0.25, -0.2) is 0 Å². The summed E-state index contributed by atoms with van der Waals surface area (Å²) in [4.78, 5) is 14.4. The first-order valence-electron chi connectivity index (χ1n) is 7.00. The van der Waals surface area contributed by atoms with Crippen LogP contribution in [0.15, 0.2) is 0 Å². The van der Waals surface area contributed by atoms with Gasteiger partial charge in [0.05, 0.1) is 7.11 Å². The Bertz CT molecular complexity index is 283. The number of ether oxygens (including phenoxy) is 1. The quantitative estimate of drug-likeness (QED) is 0.759. The van der Waals surface area contributed by atoms with Gasteiger partial charge in [0.2, 0.25) is 0 Å². The van der Waals surface area contributed by atoms with Gasteiger partial charge in [-0.15, -0.1) is 0 Å². The molecule has 1 heterocycles. The number of nitrogens with one attached hydrogen (secondary N) is 1. The van der Waals surface area contributed by atoms with Crippen molar-refractivity contribution in [3.05, 3.63) is 0 Å². The van der Waals surface area contributed by atoms with Gasteiger partial charge in [0.15, 0.2) is 0 Å². The molecule has 1 aliphatic rings. The highest BCUT2D eigenvalue weighted by Crippen LogP contribution is 2.24. The molecular weight excluding hydrogens is 228 g/mol. The van der Waals surface area contributed by atoms with Crippen LogP contribution in [0.1, 0.15) is 40.5 Å². The molecule has 106 valence electrons. The van der Waals surface area contributed by atoms with Crippen LogP contribution in [0, 0.1) is 5.92 Å². The zero-order chi connectivity index (χ0) is 13.8. The van der Waals surface area contributed by atoms with E-state index in [9.17, 15) is 4.79 Å². The molecule has 0 aromatic carbocycles. The molecule has 1 fully saturated rings. The lowest BCUT2D eigenvalue weighted by Gasteiger charge is -2.41. The van der Waals surface area contributed by atoms with E-state index in [1.165, 1.54) is 20.0 Å². The third-order valence-electron chi connectivity index (χ3n) is 4.00. The Morgan fingerprint density at radius 2 is 2.17 bits per heavy atom. The smallest absolute Gasteiger partial charge is 0.327 e. The second-order valence-corrected chi connectivity index (χ2v) is 5.80. The van der Waals surface area contributed by atoms with Gasteiger partial charge in [0, 0.05) is 12.6 Å². The highest BCUT2D eigenvalue weighted by atomic mass is 16.5. The summed E-state index contributed by atoms with van der Waals surface area (Å²) in [6.07, 6.45) is 2.43. The van der Waals surface area contributed by atoms with E-state index in [0.717, 1.165) is 25.6 Å². The van der Waals surface area contributed by atoms with Crippen molar-refractivity contribution in [3.8, 4) is 0 Å². The molecule has 1 rings (SSSR count). The van der Waals surface area contributed by atoms with Crippen molar-refractivity contribution in [2.24, 2.45) is 5.92 Å². The van der Waals surface area contributed by atoms with Crippen molar-refractivity contribution in [2.75, 3.05) is 26.7 Å². The Morgan fingerprint density at radius 1 is 1.50 bits per heavy atom. The second-order valence-electron chi connectivity index (χ2n) is 5.80. The normalized spacial score (nSPS) is 28.7. The summed E-state index contributed by atoms with van der Waals surface area (Å²) >= 11 is 0.